The number of hydrogen-bond acceptors (Lipinski definition) is 7. The van der Waals surface area contributed by atoms with E-state index < -0.39 is 17.7 Å². The minimum atomic E-state index is -0.626. The lowest BCUT2D eigenvalue weighted by Crippen LogP contribution is -2.52. The Bertz CT molecular complexity index is 849. The van der Waals surface area contributed by atoms with E-state index in [2.05, 4.69) is 39.4 Å². The lowest BCUT2D eigenvalue weighted by molar-refractivity contribution is -0.126. The molecule has 2 amide bonds. The molecule has 4 N–H and O–H groups in total. The van der Waals surface area contributed by atoms with Crippen LogP contribution < -0.4 is 16.4 Å². The van der Waals surface area contributed by atoms with E-state index in [1.54, 1.807) is 40.9 Å². The Hall–Kier alpha value is -3.02. The normalized spacial score (nSPS) is 18.6. The summed E-state index contributed by atoms with van der Waals surface area (Å²) in [6, 6.07) is -0.583. The van der Waals surface area contributed by atoms with Gasteiger partial charge in [-0.15, -0.1) is 0 Å². The number of likely N-dealkylation sites (N-methyl/N-ethyl adjacent to an activating group) is 1. The van der Waals surface area contributed by atoms with Gasteiger partial charge in [0.05, 0.1) is 11.8 Å². The average Bonchev–Trinajstić information content (AvgIpc) is 2.66. The maximum atomic E-state index is 12.5. The SMILES string of the molecule is CCCNc1nc(N)ncc1C#CC1CC(NC(=O)[C@H](C)N(C)C(=O)OC(C)(C)C)C1. The number of nitrogens with zero attached hydrogens (tertiary/aromatic N) is 3. The van der Waals surface area contributed by atoms with Crippen molar-refractivity contribution in [2.24, 2.45) is 5.92 Å². The zero-order chi connectivity index (χ0) is 23.2. The van der Waals surface area contributed by atoms with Crippen molar-refractivity contribution in [3.05, 3.63) is 11.8 Å². The summed E-state index contributed by atoms with van der Waals surface area (Å²) in [5.41, 5.74) is 5.77. The molecule has 170 valence electrons. The quantitative estimate of drug-likeness (QED) is 0.592. The zero-order valence-electron chi connectivity index (χ0n) is 19.3. The minimum Gasteiger partial charge on any atom is -0.444 e. The third kappa shape index (κ3) is 7.31. The molecule has 0 spiro atoms. The molecule has 9 nitrogen and oxygen atoms in total. The number of nitrogen functional groups attached to an aromatic ring is 1. The van der Waals surface area contributed by atoms with Crippen LogP contribution in [0.5, 0.6) is 0 Å². The first-order chi connectivity index (χ1) is 14.5. The van der Waals surface area contributed by atoms with Crippen LogP contribution in [0.25, 0.3) is 0 Å². The lowest BCUT2D eigenvalue weighted by Gasteiger charge is -2.34. The largest absolute Gasteiger partial charge is 0.444 e. The summed E-state index contributed by atoms with van der Waals surface area (Å²) >= 11 is 0. The molecule has 31 heavy (non-hydrogen) atoms. The Labute approximate surface area is 184 Å². The average molecular weight is 431 g/mol. The second kappa shape index (κ2) is 10.3. The summed E-state index contributed by atoms with van der Waals surface area (Å²) in [6.07, 6.45) is 3.58. The van der Waals surface area contributed by atoms with Crippen LogP contribution in [0.4, 0.5) is 16.6 Å². The first-order valence-electron chi connectivity index (χ1n) is 10.6. The van der Waals surface area contributed by atoms with Gasteiger partial charge in [0.25, 0.3) is 0 Å². The molecule has 0 unspecified atom stereocenters. The van der Waals surface area contributed by atoms with Crippen LogP contribution in [0.2, 0.25) is 0 Å². The standard InChI is InChI=1S/C22H34N6O3/c1-7-10-24-18-16(13-25-20(23)27-18)9-8-15-11-17(12-15)26-19(29)14(2)28(6)21(30)31-22(3,4)5/h13-15,17H,7,10-12H2,1-6H3,(H,26,29)(H3,23,24,25,27)/t14-,15?,17?/m0/s1. The smallest absolute Gasteiger partial charge is 0.410 e. The summed E-state index contributed by atoms with van der Waals surface area (Å²) in [4.78, 5) is 34.2. The molecule has 0 aromatic carbocycles. The number of amides is 2. The van der Waals surface area contributed by atoms with Crippen LogP contribution >= 0.6 is 0 Å². The maximum absolute atomic E-state index is 12.5. The molecule has 1 aliphatic rings. The zero-order valence-corrected chi connectivity index (χ0v) is 19.3. The van der Waals surface area contributed by atoms with Crippen molar-refractivity contribution in [3.63, 3.8) is 0 Å². The Morgan fingerprint density at radius 2 is 2.06 bits per heavy atom. The highest BCUT2D eigenvalue weighted by Crippen LogP contribution is 2.27. The van der Waals surface area contributed by atoms with Crippen LogP contribution in [0.3, 0.4) is 0 Å². The van der Waals surface area contributed by atoms with E-state index in [1.165, 1.54) is 4.90 Å². The highest BCUT2D eigenvalue weighted by atomic mass is 16.6. The number of carbonyl (C=O) groups is 2. The van der Waals surface area contributed by atoms with Gasteiger partial charge in [-0.2, -0.15) is 4.98 Å². The van der Waals surface area contributed by atoms with E-state index in [-0.39, 0.29) is 23.8 Å². The van der Waals surface area contributed by atoms with Gasteiger partial charge in [0.15, 0.2) is 0 Å². The molecule has 1 aromatic heterocycles. The number of rotatable bonds is 6. The van der Waals surface area contributed by atoms with E-state index in [0.717, 1.165) is 25.8 Å². The van der Waals surface area contributed by atoms with Gasteiger partial charge in [0, 0.05) is 25.6 Å². The van der Waals surface area contributed by atoms with E-state index in [9.17, 15) is 9.59 Å². The summed E-state index contributed by atoms with van der Waals surface area (Å²) in [5, 5.41) is 6.19. The molecule has 0 radical (unpaired) electrons. The van der Waals surface area contributed by atoms with Crippen molar-refractivity contribution in [3.8, 4) is 11.8 Å². The van der Waals surface area contributed by atoms with E-state index in [0.29, 0.717) is 11.4 Å². The molecule has 0 aliphatic heterocycles. The van der Waals surface area contributed by atoms with Gasteiger partial charge in [-0.3, -0.25) is 9.69 Å². The van der Waals surface area contributed by atoms with E-state index in [1.807, 2.05) is 0 Å². The van der Waals surface area contributed by atoms with Gasteiger partial charge in [-0.05, 0) is 47.0 Å². The molecule has 2 rings (SSSR count). The summed E-state index contributed by atoms with van der Waals surface area (Å²) in [7, 11) is 1.56. The van der Waals surface area contributed by atoms with Crippen LogP contribution in [0.15, 0.2) is 6.20 Å². The second-order valence-electron chi connectivity index (χ2n) is 8.83. The van der Waals surface area contributed by atoms with Crippen molar-refractivity contribution in [1.82, 2.24) is 20.2 Å². The van der Waals surface area contributed by atoms with Gasteiger partial charge in [-0.1, -0.05) is 18.8 Å². The number of hydrogen-bond donors (Lipinski definition) is 3. The third-order valence-electron chi connectivity index (χ3n) is 4.89. The van der Waals surface area contributed by atoms with Crippen molar-refractivity contribution in [1.29, 1.82) is 0 Å². The van der Waals surface area contributed by atoms with Gasteiger partial charge in [0.1, 0.15) is 17.5 Å². The molecule has 1 fully saturated rings. The predicted octanol–water partition coefficient (Wildman–Crippen LogP) is 2.38. The molecule has 1 aromatic rings. The van der Waals surface area contributed by atoms with Crippen molar-refractivity contribution < 1.29 is 14.3 Å². The number of anilines is 2. The Balaban J connectivity index is 1.85. The van der Waals surface area contributed by atoms with Crippen LogP contribution in [-0.4, -0.2) is 58.1 Å². The number of aromatic nitrogens is 2. The minimum absolute atomic E-state index is 0.0432. The molecule has 1 saturated carbocycles. The summed E-state index contributed by atoms with van der Waals surface area (Å²) in [6.45, 7) is 9.90. The van der Waals surface area contributed by atoms with Crippen LogP contribution in [0.1, 0.15) is 59.4 Å². The lowest BCUT2D eigenvalue weighted by atomic mass is 9.80. The predicted molar refractivity (Wildman–Crippen MR) is 120 cm³/mol. The third-order valence-corrected chi connectivity index (χ3v) is 4.89. The van der Waals surface area contributed by atoms with Gasteiger partial charge < -0.3 is 21.1 Å². The monoisotopic (exact) mass is 430 g/mol. The molecule has 9 heteroatoms. The fraction of sp³-hybridized carbons (Fsp3) is 0.636. The summed E-state index contributed by atoms with van der Waals surface area (Å²) in [5.74, 6) is 7.18. The highest BCUT2D eigenvalue weighted by Gasteiger charge is 2.32. The number of nitrogens with two attached hydrogens (primary N) is 1. The summed E-state index contributed by atoms with van der Waals surface area (Å²) < 4.78 is 5.31. The van der Waals surface area contributed by atoms with Gasteiger partial charge >= 0.3 is 6.09 Å². The van der Waals surface area contributed by atoms with Crippen molar-refractivity contribution in [2.75, 3.05) is 24.6 Å². The Morgan fingerprint density at radius 3 is 2.68 bits per heavy atom. The van der Waals surface area contributed by atoms with Crippen molar-refractivity contribution >= 4 is 23.8 Å². The molecule has 0 saturated heterocycles. The van der Waals surface area contributed by atoms with Gasteiger partial charge in [-0.25, -0.2) is 9.78 Å². The highest BCUT2D eigenvalue weighted by molar-refractivity contribution is 5.85. The molecule has 1 atom stereocenters. The van der Waals surface area contributed by atoms with Crippen LogP contribution in [0, 0.1) is 17.8 Å². The molecule has 1 aliphatic carbocycles. The first kappa shape index (κ1) is 24.3. The molecular formula is C22H34N6O3. The van der Waals surface area contributed by atoms with E-state index in [4.69, 9.17) is 10.5 Å². The number of ether oxygens (including phenoxy) is 1. The Morgan fingerprint density at radius 1 is 1.39 bits per heavy atom. The number of carbonyl (C=O) groups excluding carboxylic acids is 2. The van der Waals surface area contributed by atoms with E-state index >= 15 is 0 Å². The fourth-order valence-electron chi connectivity index (χ4n) is 2.89. The second-order valence-corrected chi connectivity index (χ2v) is 8.83. The topological polar surface area (TPSA) is 122 Å². The molecular weight excluding hydrogens is 396 g/mol. The van der Waals surface area contributed by atoms with Gasteiger partial charge in [0.2, 0.25) is 11.9 Å². The molecule has 1 heterocycles. The fourth-order valence-corrected chi connectivity index (χ4v) is 2.89. The van der Waals surface area contributed by atoms with Crippen LogP contribution in [-0.2, 0) is 9.53 Å². The molecule has 0 bridgehead atoms. The van der Waals surface area contributed by atoms with Crippen molar-refractivity contribution in [2.45, 2.75) is 71.6 Å². The maximum Gasteiger partial charge on any atom is 0.410 e. The first-order valence-corrected chi connectivity index (χ1v) is 10.6. The Kier molecular flexibility index (Phi) is 8.08. The number of nitrogens with one attached hydrogen (secondary N) is 2.